The van der Waals surface area contributed by atoms with Gasteiger partial charge in [0.1, 0.15) is 5.60 Å². The van der Waals surface area contributed by atoms with E-state index in [1.54, 1.807) is 6.20 Å². The van der Waals surface area contributed by atoms with Gasteiger partial charge in [0.25, 0.3) is 6.02 Å². The Morgan fingerprint density at radius 1 is 1.25 bits per heavy atom. The molecular formula is C18H21N5O. The van der Waals surface area contributed by atoms with Crippen LogP contribution in [-0.2, 0) is 4.74 Å². The number of aromatic nitrogens is 2. The van der Waals surface area contributed by atoms with Crippen molar-refractivity contribution in [2.75, 3.05) is 31.5 Å². The van der Waals surface area contributed by atoms with E-state index in [1.807, 2.05) is 18.2 Å². The molecule has 6 nitrogen and oxygen atoms in total. The van der Waals surface area contributed by atoms with Gasteiger partial charge in [0, 0.05) is 12.5 Å². The predicted octanol–water partition coefficient (Wildman–Crippen LogP) is 2.20. The first-order chi connectivity index (χ1) is 11.7. The third-order valence-electron chi connectivity index (χ3n) is 5.55. The highest BCUT2D eigenvalue weighted by Crippen LogP contribution is 2.40. The molecule has 1 aromatic carbocycles. The molecule has 0 aliphatic carbocycles. The molecular weight excluding hydrogens is 302 g/mol. The van der Waals surface area contributed by atoms with Crippen molar-refractivity contribution in [3.63, 3.8) is 0 Å². The van der Waals surface area contributed by atoms with Gasteiger partial charge in [0.2, 0.25) is 0 Å². The summed E-state index contributed by atoms with van der Waals surface area (Å²) in [6.07, 6.45) is 4.19. The number of aryl methyl sites for hydroxylation is 1. The van der Waals surface area contributed by atoms with Gasteiger partial charge in [-0.15, -0.1) is 0 Å². The van der Waals surface area contributed by atoms with E-state index in [1.165, 1.54) is 31.5 Å². The molecule has 2 aromatic rings. The number of rotatable bonds is 1. The fourth-order valence-electron chi connectivity index (χ4n) is 4.24. The number of benzene rings is 1. The zero-order valence-corrected chi connectivity index (χ0v) is 13.8. The summed E-state index contributed by atoms with van der Waals surface area (Å²) >= 11 is 0. The van der Waals surface area contributed by atoms with Gasteiger partial charge in [-0.1, -0.05) is 6.07 Å². The average Bonchev–Trinajstić information content (AvgIpc) is 2.98. The first-order valence-corrected chi connectivity index (χ1v) is 8.66. The number of hydrogen-bond acceptors (Lipinski definition) is 6. The van der Waals surface area contributed by atoms with Crippen LogP contribution in [0.5, 0.6) is 0 Å². The lowest BCUT2D eigenvalue weighted by Crippen LogP contribution is -2.61. The van der Waals surface area contributed by atoms with Crippen molar-refractivity contribution in [3.05, 3.63) is 30.0 Å². The maximum atomic E-state index is 6.29. The third-order valence-corrected chi connectivity index (χ3v) is 5.55. The first-order valence-electron chi connectivity index (χ1n) is 8.66. The second-order valence-electron chi connectivity index (χ2n) is 7.21. The first kappa shape index (κ1) is 14.2. The second-order valence-corrected chi connectivity index (χ2v) is 7.21. The number of fused-ring (bicyclic) bond motifs is 3. The molecule has 5 heterocycles. The SMILES string of the molecule is Cc1ccc2nc(NC3=NCC4(CN5CCC4CC5)O3)cnc2c1. The largest absolute Gasteiger partial charge is 0.455 e. The lowest BCUT2D eigenvalue weighted by Gasteiger charge is -2.50. The normalized spacial score (nSPS) is 31.3. The molecule has 124 valence electrons. The van der Waals surface area contributed by atoms with Crippen LogP contribution in [0.15, 0.2) is 29.4 Å². The Kier molecular flexibility index (Phi) is 3.03. The van der Waals surface area contributed by atoms with Crippen LogP contribution in [0.3, 0.4) is 0 Å². The van der Waals surface area contributed by atoms with E-state index in [-0.39, 0.29) is 5.60 Å². The maximum Gasteiger partial charge on any atom is 0.291 e. The Morgan fingerprint density at radius 2 is 2.12 bits per heavy atom. The van der Waals surface area contributed by atoms with Crippen LogP contribution in [0.1, 0.15) is 18.4 Å². The minimum Gasteiger partial charge on any atom is -0.455 e. The van der Waals surface area contributed by atoms with Gasteiger partial charge >= 0.3 is 0 Å². The van der Waals surface area contributed by atoms with Crippen molar-refractivity contribution < 1.29 is 4.74 Å². The van der Waals surface area contributed by atoms with E-state index in [4.69, 9.17) is 4.74 Å². The van der Waals surface area contributed by atoms with Crippen molar-refractivity contribution in [3.8, 4) is 0 Å². The Hall–Kier alpha value is -2.21. The van der Waals surface area contributed by atoms with Crippen LogP contribution in [0, 0.1) is 12.8 Å². The molecule has 1 aromatic heterocycles. The summed E-state index contributed by atoms with van der Waals surface area (Å²) < 4.78 is 6.29. The van der Waals surface area contributed by atoms with Crippen LogP contribution in [0.4, 0.5) is 5.82 Å². The Balaban J connectivity index is 1.35. The molecule has 3 fully saturated rings. The van der Waals surface area contributed by atoms with Crippen LogP contribution in [-0.4, -0.2) is 52.7 Å². The Labute approximate surface area is 141 Å². The number of ether oxygens (including phenoxy) is 1. The quantitative estimate of drug-likeness (QED) is 0.872. The fraction of sp³-hybridized carbons (Fsp3) is 0.500. The second kappa shape index (κ2) is 5.14. The molecule has 24 heavy (non-hydrogen) atoms. The fourth-order valence-corrected chi connectivity index (χ4v) is 4.24. The minimum absolute atomic E-state index is 0.125. The van der Waals surface area contributed by atoms with Gasteiger partial charge < -0.3 is 4.74 Å². The molecule has 0 saturated carbocycles. The standard InChI is InChI=1S/C18H21N5O/c1-12-2-3-14-15(8-12)19-9-16(21-14)22-17-20-10-18(24-17)11-23-6-4-13(18)5-7-23/h2-3,8-9,13H,4-7,10-11H2,1H3,(H,20,21,22). The van der Waals surface area contributed by atoms with Crippen molar-refractivity contribution in [2.24, 2.45) is 10.9 Å². The highest BCUT2D eigenvalue weighted by atomic mass is 16.5. The molecule has 0 amide bonds. The van der Waals surface area contributed by atoms with E-state index < -0.39 is 0 Å². The monoisotopic (exact) mass is 323 g/mol. The van der Waals surface area contributed by atoms with E-state index >= 15 is 0 Å². The molecule has 2 bridgehead atoms. The topological polar surface area (TPSA) is 62.6 Å². The smallest absolute Gasteiger partial charge is 0.291 e. The van der Waals surface area contributed by atoms with Crippen molar-refractivity contribution in [2.45, 2.75) is 25.4 Å². The predicted molar refractivity (Wildman–Crippen MR) is 93.2 cm³/mol. The van der Waals surface area contributed by atoms with E-state index in [0.717, 1.165) is 24.1 Å². The molecule has 6 heteroatoms. The van der Waals surface area contributed by atoms with E-state index in [0.29, 0.717) is 17.8 Å². The summed E-state index contributed by atoms with van der Waals surface area (Å²) in [5, 5.41) is 3.21. The third kappa shape index (κ3) is 2.24. The van der Waals surface area contributed by atoms with Crippen molar-refractivity contribution in [1.29, 1.82) is 0 Å². The molecule has 6 rings (SSSR count). The number of nitrogens with zero attached hydrogens (tertiary/aromatic N) is 4. The van der Waals surface area contributed by atoms with Gasteiger partial charge in [-0.2, -0.15) is 0 Å². The number of anilines is 1. The Bertz CT molecular complexity index is 827. The molecule has 1 atom stereocenters. The highest BCUT2D eigenvalue weighted by molar-refractivity contribution is 5.90. The van der Waals surface area contributed by atoms with Crippen LogP contribution in [0.2, 0.25) is 0 Å². The van der Waals surface area contributed by atoms with E-state index in [9.17, 15) is 0 Å². The summed E-state index contributed by atoms with van der Waals surface area (Å²) in [7, 11) is 0. The number of piperidine rings is 3. The highest BCUT2D eigenvalue weighted by Gasteiger charge is 2.51. The summed E-state index contributed by atoms with van der Waals surface area (Å²) in [6.45, 7) is 6.20. The zero-order valence-electron chi connectivity index (χ0n) is 13.8. The molecule has 4 aliphatic heterocycles. The number of hydrogen-bond donors (Lipinski definition) is 1. The van der Waals surface area contributed by atoms with Gasteiger partial charge in [0.05, 0.1) is 23.8 Å². The molecule has 0 radical (unpaired) electrons. The Morgan fingerprint density at radius 3 is 2.92 bits per heavy atom. The molecule has 1 unspecified atom stereocenters. The summed E-state index contributed by atoms with van der Waals surface area (Å²) in [5.41, 5.74) is 2.84. The molecule has 4 aliphatic rings. The number of nitrogens with one attached hydrogen (secondary N) is 1. The lowest BCUT2D eigenvalue weighted by molar-refractivity contribution is -0.0829. The van der Waals surface area contributed by atoms with Gasteiger partial charge in [0.15, 0.2) is 5.82 Å². The molecule has 1 spiro atoms. The van der Waals surface area contributed by atoms with Crippen molar-refractivity contribution in [1.82, 2.24) is 14.9 Å². The van der Waals surface area contributed by atoms with Crippen LogP contribution >= 0.6 is 0 Å². The van der Waals surface area contributed by atoms with Crippen molar-refractivity contribution >= 4 is 22.9 Å². The summed E-state index contributed by atoms with van der Waals surface area (Å²) in [6, 6.07) is 6.67. The van der Waals surface area contributed by atoms with E-state index in [2.05, 4.69) is 32.1 Å². The summed E-state index contributed by atoms with van der Waals surface area (Å²) in [5.74, 6) is 1.31. The van der Waals surface area contributed by atoms with Crippen LogP contribution < -0.4 is 5.32 Å². The van der Waals surface area contributed by atoms with Crippen LogP contribution in [0.25, 0.3) is 11.0 Å². The minimum atomic E-state index is -0.125. The zero-order chi connectivity index (χ0) is 16.1. The number of aliphatic imine (C=N–C) groups is 1. The van der Waals surface area contributed by atoms with Gasteiger partial charge in [-0.3, -0.25) is 15.2 Å². The number of amidine groups is 1. The van der Waals surface area contributed by atoms with Gasteiger partial charge in [-0.05, 0) is 50.6 Å². The lowest BCUT2D eigenvalue weighted by atomic mass is 9.75. The average molecular weight is 323 g/mol. The molecule has 1 N–H and O–H groups in total. The maximum absolute atomic E-state index is 6.29. The summed E-state index contributed by atoms with van der Waals surface area (Å²) in [4.78, 5) is 16.2. The van der Waals surface area contributed by atoms with Gasteiger partial charge in [-0.25, -0.2) is 9.98 Å². The molecule has 3 saturated heterocycles.